The number of fused-ring (bicyclic) bond motifs is 3. The Morgan fingerprint density at radius 2 is 1.61 bits per heavy atom. The first-order chi connectivity index (χ1) is 15.8. The summed E-state index contributed by atoms with van der Waals surface area (Å²) < 4.78 is 5.49. The summed E-state index contributed by atoms with van der Waals surface area (Å²) >= 11 is 0. The van der Waals surface area contributed by atoms with Gasteiger partial charge in [0.15, 0.2) is 0 Å². The summed E-state index contributed by atoms with van der Waals surface area (Å²) in [6, 6.07) is 15.3. The zero-order chi connectivity index (χ0) is 24.0. The van der Waals surface area contributed by atoms with Crippen molar-refractivity contribution in [2.24, 2.45) is 5.92 Å². The third-order valence-corrected chi connectivity index (χ3v) is 5.80. The number of rotatable bonds is 10. The molecule has 0 spiro atoms. The second-order valence-corrected chi connectivity index (χ2v) is 8.60. The summed E-state index contributed by atoms with van der Waals surface area (Å²) in [5, 5.41) is 14.5. The number of nitrogens with one attached hydrogen (secondary N) is 2. The summed E-state index contributed by atoms with van der Waals surface area (Å²) in [5.41, 5.74) is 4.61. The lowest BCUT2D eigenvalue weighted by atomic mass is 9.98. The minimum absolute atomic E-state index is 0.0162. The Kier molecular flexibility index (Phi) is 8.06. The fourth-order valence-electron chi connectivity index (χ4n) is 4.04. The average Bonchev–Trinajstić information content (AvgIpc) is 3.10. The van der Waals surface area contributed by atoms with Gasteiger partial charge in [-0.3, -0.25) is 4.79 Å². The van der Waals surface area contributed by atoms with Crippen molar-refractivity contribution in [3.05, 3.63) is 59.7 Å². The van der Waals surface area contributed by atoms with E-state index < -0.39 is 24.0 Å². The molecule has 2 aromatic rings. The number of benzene rings is 2. The number of ether oxygens (including phenoxy) is 1. The Labute approximate surface area is 193 Å². The van der Waals surface area contributed by atoms with Crippen LogP contribution in [0.25, 0.3) is 11.1 Å². The number of hydrogen-bond acceptors (Lipinski definition) is 5. The van der Waals surface area contributed by atoms with Crippen LogP contribution in [-0.4, -0.2) is 67.8 Å². The van der Waals surface area contributed by atoms with Crippen LogP contribution < -0.4 is 10.6 Å². The van der Waals surface area contributed by atoms with Crippen LogP contribution in [0.4, 0.5) is 4.79 Å². The Bertz CT molecular complexity index is 962. The van der Waals surface area contributed by atoms with Crippen molar-refractivity contribution >= 4 is 18.0 Å². The van der Waals surface area contributed by atoms with Gasteiger partial charge in [0, 0.05) is 24.9 Å². The fraction of sp³-hybridized carbons (Fsp3) is 0.400. The Morgan fingerprint density at radius 3 is 2.15 bits per heavy atom. The maximum atomic E-state index is 12.3. The molecule has 33 heavy (non-hydrogen) atoms. The van der Waals surface area contributed by atoms with Gasteiger partial charge in [0.2, 0.25) is 5.91 Å². The van der Waals surface area contributed by atoms with E-state index in [1.165, 1.54) is 0 Å². The van der Waals surface area contributed by atoms with Crippen LogP contribution in [0.2, 0.25) is 0 Å². The number of carboxylic acids is 1. The molecule has 0 fully saturated rings. The average molecular weight is 454 g/mol. The lowest BCUT2D eigenvalue weighted by molar-refractivity contribution is -0.142. The maximum Gasteiger partial charge on any atom is 0.407 e. The molecular formula is C25H31N3O5. The van der Waals surface area contributed by atoms with Crippen molar-refractivity contribution in [3.8, 4) is 11.1 Å². The van der Waals surface area contributed by atoms with E-state index in [0.29, 0.717) is 6.42 Å². The Balaban J connectivity index is 1.46. The van der Waals surface area contributed by atoms with Crippen molar-refractivity contribution in [2.45, 2.75) is 25.3 Å². The largest absolute Gasteiger partial charge is 0.480 e. The van der Waals surface area contributed by atoms with Crippen molar-refractivity contribution in [1.82, 2.24) is 15.5 Å². The van der Waals surface area contributed by atoms with Crippen LogP contribution in [0, 0.1) is 5.92 Å². The molecule has 8 heteroatoms. The van der Waals surface area contributed by atoms with Crippen molar-refractivity contribution in [1.29, 1.82) is 0 Å². The molecule has 2 atom stereocenters. The van der Waals surface area contributed by atoms with Gasteiger partial charge in [-0.15, -0.1) is 0 Å². The second-order valence-electron chi connectivity index (χ2n) is 8.60. The van der Waals surface area contributed by atoms with Gasteiger partial charge in [-0.2, -0.15) is 0 Å². The lowest BCUT2D eigenvalue weighted by Gasteiger charge is -2.21. The first-order valence-electron chi connectivity index (χ1n) is 11.0. The molecule has 1 aliphatic rings. The molecule has 0 bridgehead atoms. The number of likely N-dealkylation sites (N-methyl/N-ethyl adjacent to an activating group) is 1. The van der Waals surface area contributed by atoms with E-state index >= 15 is 0 Å². The third-order valence-electron chi connectivity index (χ3n) is 5.80. The van der Waals surface area contributed by atoms with E-state index in [0.717, 1.165) is 22.3 Å². The second kappa shape index (κ2) is 11.0. The molecule has 1 aliphatic carbocycles. The number of carboxylic acid groups (broad SMARTS) is 1. The normalized spacial score (nSPS) is 14.2. The molecule has 0 radical (unpaired) electrons. The van der Waals surface area contributed by atoms with E-state index in [-0.39, 0.29) is 31.5 Å². The summed E-state index contributed by atoms with van der Waals surface area (Å²) in [4.78, 5) is 37.6. The number of aliphatic carboxylic acids is 1. The maximum absolute atomic E-state index is 12.3. The molecule has 0 heterocycles. The van der Waals surface area contributed by atoms with Gasteiger partial charge in [-0.1, -0.05) is 55.5 Å². The van der Waals surface area contributed by atoms with Gasteiger partial charge in [-0.05, 0) is 42.8 Å². The number of amides is 2. The van der Waals surface area contributed by atoms with E-state index in [4.69, 9.17) is 4.74 Å². The van der Waals surface area contributed by atoms with Crippen molar-refractivity contribution < 1.29 is 24.2 Å². The highest BCUT2D eigenvalue weighted by Gasteiger charge is 2.29. The SMILES string of the molecule is CC(CCNC(=O)OCC1c2ccccc2-c2ccccc21)C(=O)NC(CN(C)C)C(=O)O. The summed E-state index contributed by atoms with van der Waals surface area (Å²) in [6.45, 7) is 2.37. The lowest BCUT2D eigenvalue weighted by Crippen LogP contribution is -2.48. The van der Waals surface area contributed by atoms with E-state index in [9.17, 15) is 19.5 Å². The van der Waals surface area contributed by atoms with Gasteiger partial charge < -0.3 is 25.4 Å². The molecule has 3 N–H and O–H groups in total. The van der Waals surface area contributed by atoms with E-state index in [1.807, 2.05) is 24.3 Å². The van der Waals surface area contributed by atoms with Crippen molar-refractivity contribution in [3.63, 3.8) is 0 Å². The molecule has 2 amide bonds. The number of carbonyl (C=O) groups is 3. The smallest absolute Gasteiger partial charge is 0.407 e. The third kappa shape index (κ3) is 6.10. The van der Waals surface area contributed by atoms with E-state index in [2.05, 4.69) is 34.9 Å². The van der Waals surface area contributed by atoms with Crippen LogP contribution in [-0.2, 0) is 14.3 Å². The Hall–Kier alpha value is -3.39. The number of nitrogens with zero attached hydrogens (tertiary/aromatic N) is 1. The van der Waals surface area contributed by atoms with Gasteiger partial charge in [0.1, 0.15) is 12.6 Å². The zero-order valence-corrected chi connectivity index (χ0v) is 19.2. The molecular weight excluding hydrogens is 422 g/mol. The molecule has 176 valence electrons. The predicted octanol–water partition coefficient (Wildman–Crippen LogP) is 2.68. The molecule has 8 nitrogen and oxygen atoms in total. The van der Waals surface area contributed by atoms with Crippen LogP contribution in [0.1, 0.15) is 30.4 Å². The van der Waals surface area contributed by atoms with Gasteiger partial charge >= 0.3 is 12.1 Å². The van der Waals surface area contributed by atoms with Gasteiger partial charge in [-0.25, -0.2) is 9.59 Å². The van der Waals surface area contributed by atoms with Crippen LogP contribution in [0.15, 0.2) is 48.5 Å². The standard InChI is InChI=1S/C25H31N3O5/c1-16(23(29)27-22(24(30)31)14-28(2)3)12-13-26-25(32)33-15-21-19-10-6-4-8-17(19)18-9-5-7-11-20(18)21/h4-11,16,21-22H,12-15H2,1-3H3,(H,26,32)(H,27,29)(H,30,31). The molecule has 3 rings (SSSR count). The molecule has 0 aromatic heterocycles. The fourth-order valence-corrected chi connectivity index (χ4v) is 4.04. The van der Waals surface area contributed by atoms with E-state index in [1.54, 1.807) is 25.9 Å². The molecule has 2 unspecified atom stereocenters. The first kappa shape index (κ1) is 24.3. The topological polar surface area (TPSA) is 108 Å². The molecule has 0 saturated heterocycles. The quantitative estimate of drug-likeness (QED) is 0.511. The highest BCUT2D eigenvalue weighted by Crippen LogP contribution is 2.44. The molecule has 0 saturated carbocycles. The zero-order valence-electron chi connectivity index (χ0n) is 19.2. The first-order valence-corrected chi connectivity index (χ1v) is 11.0. The van der Waals surface area contributed by atoms with Crippen LogP contribution in [0.3, 0.4) is 0 Å². The minimum Gasteiger partial charge on any atom is -0.480 e. The highest BCUT2D eigenvalue weighted by atomic mass is 16.5. The van der Waals surface area contributed by atoms with Gasteiger partial charge in [0.25, 0.3) is 0 Å². The molecule has 0 aliphatic heterocycles. The monoisotopic (exact) mass is 453 g/mol. The number of carbonyl (C=O) groups excluding carboxylic acids is 2. The van der Waals surface area contributed by atoms with Crippen LogP contribution >= 0.6 is 0 Å². The number of hydrogen-bond donors (Lipinski definition) is 3. The summed E-state index contributed by atoms with van der Waals surface area (Å²) in [5.74, 6) is -1.92. The minimum atomic E-state index is -1.08. The highest BCUT2D eigenvalue weighted by molar-refractivity contribution is 5.85. The van der Waals surface area contributed by atoms with Crippen LogP contribution in [0.5, 0.6) is 0 Å². The van der Waals surface area contributed by atoms with Gasteiger partial charge in [0.05, 0.1) is 0 Å². The summed E-state index contributed by atoms with van der Waals surface area (Å²) in [7, 11) is 3.48. The predicted molar refractivity (Wildman–Crippen MR) is 125 cm³/mol. The summed E-state index contributed by atoms with van der Waals surface area (Å²) in [6.07, 6.45) is -0.176. The Morgan fingerprint density at radius 1 is 1.03 bits per heavy atom. The van der Waals surface area contributed by atoms with Crippen molar-refractivity contribution in [2.75, 3.05) is 33.8 Å². The number of alkyl carbamates (subject to hydrolysis) is 1. The molecule has 2 aromatic carbocycles.